The van der Waals surface area contributed by atoms with Gasteiger partial charge in [0.1, 0.15) is 11.2 Å². The molecule has 2 aliphatic heterocycles. The second kappa shape index (κ2) is 10.9. The Morgan fingerprint density at radius 1 is 1.03 bits per heavy atom. The van der Waals surface area contributed by atoms with Gasteiger partial charge in [-0.05, 0) is 66.6 Å². The molecule has 0 bridgehead atoms. The van der Waals surface area contributed by atoms with Crippen LogP contribution in [-0.2, 0) is 4.74 Å². The molecule has 3 aromatic rings. The van der Waals surface area contributed by atoms with Crippen LogP contribution in [0, 0.1) is 6.92 Å². The molecule has 2 heterocycles. The van der Waals surface area contributed by atoms with E-state index in [1.165, 1.54) is 16.7 Å². The summed E-state index contributed by atoms with van der Waals surface area (Å²) in [6.45, 7) is 6.80. The van der Waals surface area contributed by atoms with E-state index in [-0.39, 0.29) is 11.3 Å². The number of likely N-dealkylation sites (N-methyl/N-ethyl adjacent to an activating group) is 1. The van der Waals surface area contributed by atoms with Crippen LogP contribution < -0.4 is 15.0 Å². The zero-order valence-electron chi connectivity index (χ0n) is 21.1. The largest absolute Gasteiger partial charge is 0.495 e. The SMILES string of the molecule is COc1ccc(NC(=O)c2ccc(-c3ccc(C4OCCS4)cc3C)cc2)cc1N1CCN(C)CC1. The summed E-state index contributed by atoms with van der Waals surface area (Å²) in [5, 5.41) is 3.06. The summed E-state index contributed by atoms with van der Waals surface area (Å²) >= 11 is 1.84. The lowest BCUT2D eigenvalue weighted by Crippen LogP contribution is -2.44. The van der Waals surface area contributed by atoms with E-state index in [2.05, 4.69) is 47.3 Å². The number of carbonyl (C=O) groups excluding carboxylic acids is 1. The van der Waals surface area contributed by atoms with E-state index in [1.807, 2.05) is 54.2 Å². The Morgan fingerprint density at radius 3 is 2.47 bits per heavy atom. The van der Waals surface area contributed by atoms with Crippen LogP contribution in [0.2, 0.25) is 0 Å². The summed E-state index contributed by atoms with van der Waals surface area (Å²) in [6.07, 6.45) is 0. The van der Waals surface area contributed by atoms with Gasteiger partial charge in [0, 0.05) is 43.2 Å². The lowest BCUT2D eigenvalue weighted by Gasteiger charge is -2.34. The monoisotopic (exact) mass is 503 g/mol. The first-order valence-electron chi connectivity index (χ1n) is 12.4. The van der Waals surface area contributed by atoms with Crippen molar-refractivity contribution in [2.75, 3.05) is 62.9 Å². The van der Waals surface area contributed by atoms with Crippen molar-refractivity contribution >= 4 is 29.0 Å². The first kappa shape index (κ1) is 24.7. The predicted octanol–water partition coefficient (Wildman–Crippen LogP) is 5.44. The van der Waals surface area contributed by atoms with Crippen LogP contribution in [0.4, 0.5) is 11.4 Å². The van der Waals surface area contributed by atoms with E-state index in [0.717, 1.165) is 61.2 Å². The first-order valence-corrected chi connectivity index (χ1v) is 13.4. The summed E-state index contributed by atoms with van der Waals surface area (Å²) in [5.74, 6) is 1.74. The summed E-state index contributed by atoms with van der Waals surface area (Å²) in [4.78, 5) is 17.7. The van der Waals surface area contributed by atoms with Gasteiger partial charge < -0.3 is 24.6 Å². The lowest BCUT2D eigenvalue weighted by molar-refractivity contribution is 0.102. The molecule has 188 valence electrons. The number of piperazine rings is 1. The molecule has 2 fully saturated rings. The number of thioether (sulfide) groups is 1. The van der Waals surface area contributed by atoms with Crippen LogP contribution >= 0.6 is 11.8 Å². The number of ether oxygens (including phenoxy) is 2. The van der Waals surface area contributed by atoms with E-state index < -0.39 is 0 Å². The highest BCUT2D eigenvalue weighted by atomic mass is 32.2. The molecular formula is C29H33N3O3S. The Labute approximate surface area is 217 Å². The maximum atomic E-state index is 13.0. The minimum atomic E-state index is -0.126. The molecule has 0 aliphatic carbocycles. The number of anilines is 2. The number of amides is 1. The summed E-state index contributed by atoms with van der Waals surface area (Å²) in [6, 6.07) is 20.1. The highest BCUT2D eigenvalue weighted by molar-refractivity contribution is 7.99. The summed E-state index contributed by atoms with van der Waals surface area (Å²) < 4.78 is 11.4. The van der Waals surface area contributed by atoms with Crippen molar-refractivity contribution in [3.63, 3.8) is 0 Å². The van der Waals surface area contributed by atoms with Gasteiger partial charge >= 0.3 is 0 Å². The van der Waals surface area contributed by atoms with E-state index in [0.29, 0.717) is 5.56 Å². The molecule has 2 saturated heterocycles. The number of hydrogen-bond acceptors (Lipinski definition) is 6. The first-order chi connectivity index (χ1) is 17.5. The molecule has 36 heavy (non-hydrogen) atoms. The van der Waals surface area contributed by atoms with Crippen molar-refractivity contribution in [3.05, 3.63) is 77.4 Å². The van der Waals surface area contributed by atoms with Crippen LogP contribution in [0.25, 0.3) is 11.1 Å². The van der Waals surface area contributed by atoms with Crippen molar-refractivity contribution in [2.45, 2.75) is 12.4 Å². The zero-order chi connectivity index (χ0) is 25.1. The van der Waals surface area contributed by atoms with Crippen molar-refractivity contribution in [1.82, 2.24) is 4.90 Å². The summed E-state index contributed by atoms with van der Waals surface area (Å²) in [5.41, 5.74) is 7.22. The Morgan fingerprint density at radius 2 is 1.81 bits per heavy atom. The molecular weight excluding hydrogens is 470 g/mol. The van der Waals surface area contributed by atoms with Gasteiger partial charge in [-0.15, -0.1) is 11.8 Å². The third-order valence-corrected chi connectivity index (χ3v) is 8.00. The van der Waals surface area contributed by atoms with Gasteiger partial charge in [0.2, 0.25) is 0 Å². The van der Waals surface area contributed by atoms with Gasteiger partial charge in [0.05, 0.1) is 19.4 Å². The molecule has 1 amide bonds. The van der Waals surface area contributed by atoms with Crippen LogP contribution in [0.3, 0.4) is 0 Å². The third-order valence-electron chi connectivity index (χ3n) is 6.88. The lowest BCUT2D eigenvalue weighted by atomic mass is 9.97. The average Bonchev–Trinajstić information content (AvgIpc) is 3.44. The number of methoxy groups -OCH3 is 1. The van der Waals surface area contributed by atoms with Crippen LogP contribution in [0.5, 0.6) is 5.75 Å². The Kier molecular flexibility index (Phi) is 7.51. The Balaban J connectivity index is 1.29. The molecule has 2 aliphatic rings. The topological polar surface area (TPSA) is 54.0 Å². The number of aryl methyl sites for hydroxylation is 1. The summed E-state index contributed by atoms with van der Waals surface area (Å²) in [7, 11) is 3.82. The fourth-order valence-corrected chi connectivity index (χ4v) is 5.71. The molecule has 5 rings (SSSR count). The van der Waals surface area contributed by atoms with Crippen LogP contribution in [-0.4, -0.2) is 63.5 Å². The zero-order valence-corrected chi connectivity index (χ0v) is 21.9. The Hall–Kier alpha value is -3.00. The number of nitrogens with zero attached hydrogens (tertiary/aromatic N) is 2. The third kappa shape index (κ3) is 5.38. The molecule has 7 heteroatoms. The van der Waals surface area contributed by atoms with Crippen molar-refractivity contribution in [1.29, 1.82) is 0 Å². The highest BCUT2D eigenvalue weighted by Gasteiger charge is 2.20. The maximum absolute atomic E-state index is 13.0. The molecule has 3 aromatic carbocycles. The molecule has 0 radical (unpaired) electrons. The van der Waals surface area contributed by atoms with Crippen molar-refractivity contribution < 1.29 is 14.3 Å². The second-order valence-corrected chi connectivity index (χ2v) is 10.5. The standard InChI is InChI=1S/C29H33N3O3S/c1-20-18-23(29-35-16-17-36-29)8-10-25(20)21-4-6-22(7-5-21)28(33)30-24-9-11-27(34-3)26(19-24)32-14-12-31(2)13-15-32/h4-11,18-19,29H,12-17H2,1-3H3,(H,30,33). The van der Waals surface area contributed by atoms with Gasteiger partial charge in [-0.3, -0.25) is 4.79 Å². The van der Waals surface area contributed by atoms with E-state index in [9.17, 15) is 4.79 Å². The van der Waals surface area contributed by atoms with Crippen molar-refractivity contribution in [3.8, 4) is 16.9 Å². The van der Waals surface area contributed by atoms with E-state index in [4.69, 9.17) is 9.47 Å². The van der Waals surface area contributed by atoms with Crippen LogP contribution in [0.15, 0.2) is 60.7 Å². The quantitative estimate of drug-likeness (QED) is 0.484. The molecule has 0 saturated carbocycles. The minimum Gasteiger partial charge on any atom is -0.495 e. The normalized spacial score (nSPS) is 18.3. The highest BCUT2D eigenvalue weighted by Crippen LogP contribution is 2.37. The van der Waals surface area contributed by atoms with Crippen molar-refractivity contribution in [2.24, 2.45) is 0 Å². The van der Waals surface area contributed by atoms with Gasteiger partial charge in [-0.25, -0.2) is 0 Å². The second-order valence-electron chi connectivity index (χ2n) is 9.36. The fourth-order valence-electron chi connectivity index (χ4n) is 4.77. The van der Waals surface area contributed by atoms with E-state index >= 15 is 0 Å². The van der Waals surface area contributed by atoms with Gasteiger partial charge in [-0.2, -0.15) is 0 Å². The minimum absolute atomic E-state index is 0.126. The molecule has 1 N–H and O–H groups in total. The predicted molar refractivity (Wildman–Crippen MR) is 148 cm³/mol. The molecule has 0 spiro atoms. The van der Waals surface area contributed by atoms with Gasteiger partial charge in [-0.1, -0.05) is 30.3 Å². The van der Waals surface area contributed by atoms with Gasteiger partial charge in [0.25, 0.3) is 5.91 Å². The van der Waals surface area contributed by atoms with Crippen LogP contribution in [0.1, 0.15) is 26.9 Å². The number of hydrogen-bond donors (Lipinski definition) is 1. The number of nitrogens with one attached hydrogen (secondary N) is 1. The molecule has 0 aromatic heterocycles. The smallest absolute Gasteiger partial charge is 0.255 e. The number of rotatable bonds is 6. The number of carbonyl (C=O) groups is 1. The number of benzene rings is 3. The van der Waals surface area contributed by atoms with Gasteiger partial charge in [0.15, 0.2) is 0 Å². The average molecular weight is 504 g/mol. The molecule has 1 atom stereocenters. The van der Waals surface area contributed by atoms with E-state index in [1.54, 1.807) is 7.11 Å². The molecule has 6 nitrogen and oxygen atoms in total. The fraction of sp³-hybridized carbons (Fsp3) is 0.345. The maximum Gasteiger partial charge on any atom is 0.255 e. The molecule has 1 unspecified atom stereocenters. The Bertz CT molecular complexity index is 1220.